The highest BCUT2D eigenvalue weighted by atomic mass is 32.1. The van der Waals surface area contributed by atoms with Crippen LogP contribution in [0.1, 0.15) is 49.2 Å². The summed E-state index contributed by atoms with van der Waals surface area (Å²) in [6, 6.07) is 1.27. The third-order valence-electron chi connectivity index (χ3n) is 3.87. The minimum atomic E-state index is 0.488. The number of thiazole rings is 1. The van der Waals surface area contributed by atoms with Crippen LogP contribution in [-0.4, -0.2) is 24.6 Å². The highest BCUT2D eigenvalue weighted by Crippen LogP contribution is 2.39. The standard InChI is InChI=1S/C13H21N3S/c1-3-16(9-7-8-9)13-15-12-10(14-2)5-4-6-11(12)17-13/h9-10,14H,3-8H2,1-2H3. The van der Waals surface area contributed by atoms with Crippen molar-refractivity contribution in [1.82, 2.24) is 10.3 Å². The zero-order valence-corrected chi connectivity index (χ0v) is 11.5. The molecule has 1 saturated carbocycles. The fraction of sp³-hybridized carbons (Fsp3) is 0.769. The minimum absolute atomic E-state index is 0.488. The Morgan fingerprint density at radius 3 is 2.88 bits per heavy atom. The smallest absolute Gasteiger partial charge is 0.186 e. The van der Waals surface area contributed by atoms with Gasteiger partial charge in [-0.1, -0.05) is 0 Å². The van der Waals surface area contributed by atoms with E-state index in [1.165, 1.54) is 47.8 Å². The number of aromatic nitrogens is 1. The summed E-state index contributed by atoms with van der Waals surface area (Å²) in [5.74, 6) is 0. The van der Waals surface area contributed by atoms with Crippen molar-refractivity contribution in [3.05, 3.63) is 10.6 Å². The Bertz CT molecular complexity index is 397. The Morgan fingerprint density at radius 2 is 2.24 bits per heavy atom. The van der Waals surface area contributed by atoms with Gasteiger partial charge in [0.1, 0.15) is 0 Å². The zero-order chi connectivity index (χ0) is 11.8. The van der Waals surface area contributed by atoms with Crippen molar-refractivity contribution in [3.63, 3.8) is 0 Å². The maximum absolute atomic E-state index is 4.92. The highest BCUT2D eigenvalue weighted by molar-refractivity contribution is 7.15. The second-order valence-electron chi connectivity index (χ2n) is 5.06. The molecular formula is C13H21N3S. The molecule has 94 valence electrons. The van der Waals surface area contributed by atoms with Gasteiger partial charge in [-0.15, -0.1) is 11.3 Å². The molecule has 0 bridgehead atoms. The van der Waals surface area contributed by atoms with Gasteiger partial charge in [-0.2, -0.15) is 0 Å². The molecule has 4 heteroatoms. The number of anilines is 1. The van der Waals surface area contributed by atoms with E-state index in [9.17, 15) is 0 Å². The van der Waals surface area contributed by atoms with Gasteiger partial charge in [-0.25, -0.2) is 4.98 Å². The van der Waals surface area contributed by atoms with Crippen LogP contribution in [0.15, 0.2) is 0 Å². The first-order valence-electron chi connectivity index (χ1n) is 6.77. The Balaban J connectivity index is 1.89. The van der Waals surface area contributed by atoms with Gasteiger partial charge in [0, 0.05) is 17.5 Å². The van der Waals surface area contributed by atoms with Crippen LogP contribution in [0.3, 0.4) is 0 Å². The van der Waals surface area contributed by atoms with Crippen molar-refractivity contribution in [2.75, 3.05) is 18.5 Å². The molecule has 2 aliphatic rings. The topological polar surface area (TPSA) is 28.2 Å². The molecule has 0 aromatic carbocycles. The molecule has 1 heterocycles. The van der Waals surface area contributed by atoms with Gasteiger partial charge in [0.25, 0.3) is 0 Å². The Morgan fingerprint density at radius 1 is 1.41 bits per heavy atom. The Hall–Kier alpha value is -0.610. The molecule has 17 heavy (non-hydrogen) atoms. The molecule has 1 atom stereocenters. The summed E-state index contributed by atoms with van der Waals surface area (Å²) in [5.41, 5.74) is 1.33. The highest BCUT2D eigenvalue weighted by Gasteiger charge is 2.32. The Labute approximate surface area is 107 Å². The molecule has 0 amide bonds. The Kier molecular flexibility index (Phi) is 3.09. The van der Waals surface area contributed by atoms with Crippen molar-refractivity contribution in [3.8, 4) is 0 Å². The van der Waals surface area contributed by atoms with Crippen LogP contribution >= 0.6 is 11.3 Å². The maximum Gasteiger partial charge on any atom is 0.186 e. The summed E-state index contributed by atoms with van der Waals surface area (Å²) in [4.78, 5) is 8.93. The molecule has 3 rings (SSSR count). The largest absolute Gasteiger partial charge is 0.345 e. The fourth-order valence-corrected chi connectivity index (χ4v) is 4.04. The normalized spacial score (nSPS) is 23.5. The van der Waals surface area contributed by atoms with Crippen molar-refractivity contribution in [2.45, 2.75) is 51.1 Å². The monoisotopic (exact) mass is 251 g/mol. The van der Waals surface area contributed by atoms with E-state index < -0.39 is 0 Å². The first kappa shape index (κ1) is 11.5. The second-order valence-corrected chi connectivity index (χ2v) is 6.12. The molecule has 0 aliphatic heterocycles. The SMILES string of the molecule is CCN(c1nc2c(s1)CCCC2NC)C1CC1. The van der Waals surface area contributed by atoms with E-state index in [4.69, 9.17) is 4.98 Å². The molecule has 1 aromatic rings. The third-order valence-corrected chi connectivity index (χ3v) is 5.03. The van der Waals surface area contributed by atoms with Crippen LogP contribution < -0.4 is 10.2 Å². The first-order valence-corrected chi connectivity index (χ1v) is 7.58. The average Bonchev–Trinajstić information content (AvgIpc) is 3.08. The molecule has 3 nitrogen and oxygen atoms in total. The lowest BCUT2D eigenvalue weighted by molar-refractivity contribution is 0.489. The molecular weight excluding hydrogens is 230 g/mol. The maximum atomic E-state index is 4.92. The van der Waals surface area contributed by atoms with Gasteiger partial charge < -0.3 is 10.2 Å². The minimum Gasteiger partial charge on any atom is -0.345 e. The van der Waals surface area contributed by atoms with E-state index in [2.05, 4.69) is 24.2 Å². The van der Waals surface area contributed by atoms with Gasteiger partial charge in [0.15, 0.2) is 5.13 Å². The summed E-state index contributed by atoms with van der Waals surface area (Å²) in [7, 11) is 2.05. The lowest BCUT2D eigenvalue weighted by atomic mass is 9.98. The van der Waals surface area contributed by atoms with Crippen LogP contribution in [0, 0.1) is 0 Å². The van der Waals surface area contributed by atoms with Gasteiger partial charge in [0.05, 0.1) is 11.7 Å². The first-order chi connectivity index (χ1) is 8.33. The van der Waals surface area contributed by atoms with E-state index in [0.717, 1.165) is 12.6 Å². The molecule has 2 aliphatic carbocycles. The molecule has 0 saturated heterocycles. The summed E-state index contributed by atoms with van der Waals surface area (Å²) in [5, 5.41) is 4.67. The van der Waals surface area contributed by atoms with Gasteiger partial charge in [0.2, 0.25) is 0 Å². The van der Waals surface area contributed by atoms with Crippen LogP contribution in [0.2, 0.25) is 0 Å². The van der Waals surface area contributed by atoms with E-state index in [-0.39, 0.29) is 0 Å². The molecule has 1 fully saturated rings. The number of nitrogens with one attached hydrogen (secondary N) is 1. The quantitative estimate of drug-likeness (QED) is 0.892. The zero-order valence-electron chi connectivity index (χ0n) is 10.7. The van der Waals surface area contributed by atoms with Gasteiger partial charge in [-0.05, 0) is 46.1 Å². The number of rotatable bonds is 4. The van der Waals surface area contributed by atoms with E-state index in [1.54, 1.807) is 0 Å². The van der Waals surface area contributed by atoms with Gasteiger partial charge >= 0.3 is 0 Å². The summed E-state index contributed by atoms with van der Waals surface area (Å²) in [6.07, 6.45) is 6.48. The van der Waals surface area contributed by atoms with E-state index >= 15 is 0 Å². The van der Waals surface area contributed by atoms with Gasteiger partial charge in [-0.3, -0.25) is 0 Å². The number of aryl methyl sites for hydroxylation is 1. The number of fused-ring (bicyclic) bond motifs is 1. The van der Waals surface area contributed by atoms with Crippen LogP contribution in [0.4, 0.5) is 5.13 Å². The number of hydrogen-bond donors (Lipinski definition) is 1. The predicted molar refractivity (Wildman–Crippen MR) is 72.9 cm³/mol. The van der Waals surface area contributed by atoms with Crippen molar-refractivity contribution < 1.29 is 0 Å². The third kappa shape index (κ3) is 2.08. The number of hydrogen-bond acceptors (Lipinski definition) is 4. The molecule has 1 aromatic heterocycles. The van der Waals surface area contributed by atoms with Crippen molar-refractivity contribution in [1.29, 1.82) is 0 Å². The van der Waals surface area contributed by atoms with Crippen LogP contribution in [0.25, 0.3) is 0 Å². The summed E-state index contributed by atoms with van der Waals surface area (Å²) < 4.78 is 0. The predicted octanol–water partition coefficient (Wildman–Crippen LogP) is 2.73. The summed E-state index contributed by atoms with van der Waals surface area (Å²) >= 11 is 1.93. The second kappa shape index (κ2) is 4.58. The molecule has 0 radical (unpaired) electrons. The lowest BCUT2D eigenvalue weighted by Gasteiger charge is -2.20. The van der Waals surface area contributed by atoms with Crippen molar-refractivity contribution in [2.24, 2.45) is 0 Å². The van der Waals surface area contributed by atoms with E-state index in [1.807, 2.05) is 11.3 Å². The lowest BCUT2D eigenvalue weighted by Crippen LogP contribution is -2.25. The average molecular weight is 251 g/mol. The summed E-state index contributed by atoms with van der Waals surface area (Å²) in [6.45, 7) is 3.34. The van der Waals surface area contributed by atoms with Crippen LogP contribution in [0.5, 0.6) is 0 Å². The van der Waals surface area contributed by atoms with Crippen molar-refractivity contribution >= 4 is 16.5 Å². The molecule has 1 N–H and O–H groups in total. The van der Waals surface area contributed by atoms with Crippen LogP contribution in [-0.2, 0) is 6.42 Å². The fourth-order valence-electron chi connectivity index (χ4n) is 2.75. The number of nitrogens with zero attached hydrogens (tertiary/aromatic N) is 2. The molecule has 0 spiro atoms. The van der Waals surface area contributed by atoms with E-state index in [0.29, 0.717) is 6.04 Å². The molecule has 1 unspecified atom stereocenters.